The van der Waals surface area contributed by atoms with Crippen LogP contribution in [0.1, 0.15) is 21.8 Å². The zero-order valence-corrected chi connectivity index (χ0v) is 12.7. The van der Waals surface area contributed by atoms with Crippen molar-refractivity contribution in [2.45, 2.75) is 5.92 Å². The maximum absolute atomic E-state index is 13.9. The van der Waals surface area contributed by atoms with Crippen molar-refractivity contribution in [1.82, 2.24) is 0 Å². The van der Waals surface area contributed by atoms with E-state index in [4.69, 9.17) is 4.74 Å². The summed E-state index contributed by atoms with van der Waals surface area (Å²) >= 11 is 3.13. The lowest BCUT2D eigenvalue weighted by Gasteiger charge is -2.11. The van der Waals surface area contributed by atoms with Crippen molar-refractivity contribution < 1.29 is 13.9 Å². The highest BCUT2D eigenvalue weighted by molar-refractivity contribution is 9.10. The van der Waals surface area contributed by atoms with Crippen LogP contribution >= 0.6 is 15.9 Å². The molecule has 0 aliphatic heterocycles. The molecular weight excluding hydrogens is 337 g/mol. The van der Waals surface area contributed by atoms with Crippen molar-refractivity contribution in [1.29, 1.82) is 5.26 Å². The van der Waals surface area contributed by atoms with Crippen molar-refractivity contribution in [3.05, 3.63) is 63.9 Å². The standard InChI is InChI=1S/C16H11BrFNO2/c1-21-12-4-2-3-10(7-12)14(9-19)16(20)13-6-5-11(17)8-15(13)18/h2-8,14H,1H3. The molecule has 0 aliphatic carbocycles. The molecule has 1 unspecified atom stereocenters. The minimum Gasteiger partial charge on any atom is -0.497 e. The first-order chi connectivity index (χ1) is 10.1. The van der Waals surface area contributed by atoms with Crippen LogP contribution in [0.2, 0.25) is 0 Å². The number of hydrogen-bond donors (Lipinski definition) is 0. The van der Waals surface area contributed by atoms with Gasteiger partial charge in [-0.05, 0) is 35.9 Å². The number of methoxy groups -OCH3 is 1. The second-order valence-electron chi connectivity index (χ2n) is 4.33. The van der Waals surface area contributed by atoms with Gasteiger partial charge in [0, 0.05) is 4.47 Å². The number of halogens is 2. The highest BCUT2D eigenvalue weighted by atomic mass is 79.9. The Balaban J connectivity index is 2.41. The van der Waals surface area contributed by atoms with Crippen LogP contribution in [-0.4, -0.2) is 12.9 Å². The van der Waals surface area contributed by atoms with Gasteiger partial charge >= 0.3 is 0 Å². The van der Waals surface area contributed by atoms with Crippen LogP contribution in [0.3, 0.4) is 0 Å². The average molecular weight is 348 g/mol. The van der Waals surface area contributed by atoms with Gasteiger partial charge in [-0.3, -0.25) is 4.79 Å². The van der Waals surface area contributed by atoms with Crippen LogP contribution in [0.5, 0.6) is 5.75 Å². The number of nitrogens with zero attached hydrogens (tertiary/aromatic N) is 1. The fraction of sp³-hybridized carbons (Fsp3) is 0.125. The highest BCUT2D eigenvalue weighted by Gasteiger charge is 2.24. The van der Waals surface area contributed by atoms with E-state index in [1.165, 1.54) is 19.2 Å². The Bertz CT molecular complexity index is 724. The second-order valence-corrected chi connectivity index (χ2v) is 5.24. The predicted molar refractivity (Wildman–Crippen MR) is 79.8 cm³/mol. The smallest absolute Gasteiger partial charge is 0.187 e. The summed E-state index contributed by atoms with van der Waals surface area (Å²) in [6.45, 7) is 0. The number of nitriles is 1. The van der Waals surface area contributed by atoms with E-state index in [0.717, 1.165) is 0 Å². The molecule has 3 nitrogen and oxygen atoms in total. The molecule has 0 saturated carbocycles. The molecule has 2 aromatic rings. The van der Waals surface area contributed by atoms with E-state index in [2.05, 4.69) is 15.9 Å². The molecular formula is C16H11BrFNO2. The van der Waals surface area contributed by atoms with Crippen molar-refractivity contribution >= 4 is 21.7 Å². The van der Waals surface area contributed by atoms with Crippen molar-refractivity contribution in [2.75, 3.05) is 7.11 Å². The Morgan fingerprint density at radius 3 is 2.71 bits per heavy atom. The Kier molecular flexibility index (Phi) is 4.71. The number of carbonyl (C=O) groups excluding carboxylic acids is 1. The van der Waals surface area contributed by atoms with E-state index in [-0.39, 0.29) is 5.56 Å². The van der Waals surface area contributed by atoms with Gasteiger partial charge in [-0.25, -0.2) is 4.39 Å². The first kappa shape index (κ1) is 15.2. The third kappa shape index (κ3) is 3.29. The molecule has 2 rings (SSSR count). The first-order valence-electron chi connectivity index (χ1n) is 6.09. The monoisotopic (exact) mass is 347 g/mol. The molecule has 0 aromatic heterocycles. The van der Waals surface area contributed by atoms with Crippen LogP contribution in [0.4, 0.5) is 4.39 Å². The summed E-state index contributed by atoms with van der Waals surface area (Å²) in [5.74, 6) is -1.76. The Labute approximate surface area is 130 Å². The Morgan fingerprint density at radius 2 is 2.10 bits per heavy atom. The summed E-state index contributed by atoms with van der Waals surface area (Å²) in [6, 6.07) is 12.7. The molecule has 0 amide bonds. The molecule has 0 aliphatic rings. The van der Waals surface area contributed by atoms with E-state index >= 15 is 0 Å². The number of benzene rings is 2. The normalized spacial score (nSPS) is 11.5. The maximum atomic E-state index is 13.9. The molecule has 106 valence electrons. The fourth-order valence-corrected chi connectivity index (χ4v) is 2.28. The third-order valence-electron chi connectivity index (χ3n) is 3.02. The molecule has 0 bridgehead atoms. The van der Waals surface area contributed by atoms with E-state index < -0.39 is 17.5 Å². The quantitative estimate of drug-likeness (QED) is 0.782. The Hall–Kier alpha value is -2.19. The summed E-state index contributed by atoms with van der Waals surface area (Å²) in [6.07, 6.45) is 0. The second kappa shape index (κ2) is 6.51. The number of hydrogen-bond acceptors (Lipinski definition) is 3. The zero-order valence-electron chi connectivity index (χ0n) is 11.1. The predicted octanol–water partition coefficient (Wildman–Crippen LogP) is 4.09. The summed E-state index contributed by atoms with van der Waals surface area (Å²) in [5, 5.41) is 9.28. The lowest BCUT2D eigenvalue weighted by molar-refractivity contribution is 0.0975. The van der Waals surface area contributed by atoms with E-state index in [1.54, 1.807) is 30.3 Å². The van der Waals surface area contributed by atoms with Crippen LogP contribution in [0, 0.1) is 17.1 Å². The molecule has 0 spiro atoms. The van der Waals surface area contributed by atoms with Gasteiger partial charge < -0.3 is 4.74 Å². The van der Waals surface area contributed by atoms with Gasteiger partial charge in [0.2, 0.25) is 0 Å². The van der Waals surface area contributed by atoms with Gasteiger partial charge in [0.05, 0.1) is 18.7 Å². The molecule has 0 heterocycles. The summed E-state index contributed by atoms with van der Waals surface area (Å²) in [5.41, 5.74) is 0.372. The van der Waals surface area contributed by atoms with Gasteiger partial charge in [0.1, 0.15) is 17.5 Å². The third-order valence-corrected chi connectivity index (χ3v) is 3.51. The van der Waals surface area contributed by atoms with E-state index in [0.29, 0.717) is 15.8 Å². The zero-order chi connectivity index (χ0) is 15.4. The van der Waals surface area contributed by atoms with Gasteiger partial charge in [0.25, 0.3) is 0 Å². The van der Waals surface area contributed by atoms with Gasteiger partial charge in [-0.2, -0.15) is 5.26 Å². The molecule has 0 saturated heterocycles. The lowest BCUT2D eigenvalue weighted by atomic mass is 9.91. The van der Waals surface area contributed by atoms with E-state index in [1.807, 2.05) is 6.07 Å². The van der Waals surface area contributed by atoms with E-state index in [9.17, 15) is 14.4 Å². The van der Waals surface area contributed by atoms with Gasteiger partial charge in [0.15, 0.2) is 5.78 Å². The van der Waals surface area contributed by atoms with Gasteiger partial charge in [-0.15, -0.1) is 0 Å². The number of Topliss-reactive ketones (excluding diaryl/α,β-unsaturated/α-hetero) is 1. The molecule has 0 N–H and O–H groups in total. The Morgan fingerprint density at radius 1 is 1.33 bits per heavy atom. The minimum atomic E-state index is -1.07. The number of ketones is 1. The summed E-state index contributed by atoms with van der Waals surface area (Å²) in [7, 11) is 1.50. The summed E-state index contributed by atoms with van der Waals surface area (Å²) < 4.78 is 19.5. The summed E-state index contributed by atoms with van der Waals surface area (Å²) in [4.78, 5) is 12.4. The molecule has 2 aromatic carbocycles. The largest absolute Gasteiger partial charge is 0.497 e. The van der Waals surface area contributed by atoms with Crippen LogP contribution < -0.4 is 4.74 Å². The highest BCUT2D eigenvalue weighted by Crippen LogP contribution is 2.26. The van der Waals surface area contributed by atoms with Crippen molar-refractivity contribution in [3.63, 3.8) is 0 Å². The van der Waals surface area contributed by atoms with Crippen LogP contribution in [0.15, 0.2) is 46.9 Å². The van der Waals surface area contributed by atoms with Crippen LogP contribution in [0.25, 0.3) is 0 Å². The maximum Gasteiger partial charge on any atom is 0.187 e. The van der Waals surface area contributed by atoms with Crippen molar-refractivity contribution in [3.8, 4) is 11.8 Å². The SMILES string of the molecule is COc1cccc(C(C#N)C(=O)c2ccc(Br)cc2F)c1. The molecule has 5 heteroatoms. The number of carbonyl (C=O) groups is 1. The van der Waals surface area contributed by atoms with Crippen molar-refractivity contribution in [2.24, 2.45) is 0 Å². The first-order valence-corrected chi connectivity index (χ1v) is 6.89. The molecule has 21 heavy (non-hydrogen) atoms. The molecule has 0 radical (unpaired) electrons. The average Bonchev–Trinajstić information content (AvgIpc) is 2.48. The fourth-order valence-electron chi connectivity index (χ4n) is 1.95. The number of rotatable bonds is 4. The minimum absolute atomic E-state index is 0.104. The molecule has 0 fully saturated rings. The lowest BCUT2D eigenvalue weighted by Crippen LogP contribution is -2.13. The van der Waals surface area contributed by atoms with Gasteiger partial charge in [-0.1, -0.05) is 28.1 Å². The number of ether oxygens (including phenoxy) is 1. The van der Waals surface area contributed by atoms with Crippen LogP contribution in [-0.2, 0) is 0 Å². The molecule has 1 atom stereocenters. The topological polar surface area (TPSA) is 50.1 Å².